The van der Waals surface area contributed by atoms with Crippen LogP contribution in [0.5, 0.6) is 0 Å². The first-order valence-electron chi connectivity index (χ1n) is 6.68. The molecule has 0 atom stereocenters. The summed E-state index contributed by atoms with van der Waals surface area (Å²) in [5.74, 6) is 1.05. The molecule has 18 heavy (non-hydrogen) atoms. The van der Waals surface area contributed by atoms with Crippen LogP contribution < -0.4 is 5.32 Å². The third kappa shape index (κ3) is 4.67. The second-order valence-corrected chi connectivity index (χ2v) is 5.22. The van der Waals surface area contributed by atoms with E-state index >= 15 is 0 Å². The Bertz CT molecular complexity index is 355. The highest BCUT2D eigenvalue weighted by Gasteiger charge is 2.13. The van der Waals surface area contributed by atoms with Crippen LogP contribution >= 0.6 is 0 Å². The van der Waals surface area contributed by atoms with Crippen molar-refractivity contribution in [2.45, 2.75) is 52.9 Å². The second-order valence-electron chi connectivity index (χ2n) is 5.22. The smallest absolute Gasteiger partial charge is 0.122 e. The highest BCUT2D eigenvalue weighted by atomic mass is 16.3. The topological polar surface area (TPSA) is 28.4 Å². The highest BCUT2D eigenvalue weighted by Crippen LogP contribution is 2.15. The van der Waals surface area contributed by atoms with Gasteiger partial charge in [-0.25, -0.2) is 0 Å². The summed E-state index contributed by atoms with van der Waals surface area (Å²) in [5.41, 5.74) is 1.25. The second kappa shape index (κ2) is 7.39. The lowest BCUT2D eigenvalue weighted by atomic mass is 10.2. The minimum atomic E-state index is 0.485. The van der Waals surface area contributed by atoms with Gasteiger partial charge in [-0.2, -0.15) is 0 Å². The molecule has 102 valence electrons. The molecule has 3 nitrogen and oxygen atoms in total. The van der Waals surface area contributed by atoms with E-state index in [0.717, 1.165) is 25.4 Å². The number of nitrogens with one attached hydrogen (secondary N) is 1. The summed E-state index contributed by atoms with van der Waals surface area (Å²) in [5, 5.41) is 3.42. The summed E-state index contributed by atoms with van der Waals surface area (Å²) in [6.45, 7) is 15.1. The van der Waals surface area contributed by atoms with Gasteiger partial charge in [-0.05, 0) is 19.9 Å². The monoisotopic (exact) mass is 250 g/mol. The SMILES string of the molecule is C=CCN(Cc1occc1CNC(C)C)C(C)C. The normalized spacial score (nSPS) is 11.7. The average Bonchev–Trinajstić information content (AvgIpc) is 2.73. The predicted octanol–water partition coefficient (Wildman–Crippen LogP) is 3.17. The van der Waals surface area contributed by atoms with Gasteiger partial charge in [0.1, 0.15) is 5.76 Å². The Morgan fingerprint density at radius 1 is 1.39 bits per heavy atom. The van der Waals surface area contributed by atoms with Crippen LogP contribution in [0.15, 0.2) is 29.4 Å². The van der Waals surface area contributed by atoms with Gasteiger partial charge in [-0.1, -0.05) is 19.9 Å². The van der Waals surface area contributed by atoms with Gasteiger partial charge in [-0.3, -0.25) is 4.90 Å². The Morgan fingerprint density at radius 3 is 2.67 bits per heavy atom. The van der Waals surface area contributed by atoms with Gasteiger partial charge in [0.2, 0.25) is 0 Å². The molecule has 0 aliphatic heterocycles. The first-order chi connectivity index (χ1) is 8.54. The van der Waals surface area contributed by atoms with Crippen molar-refractivity contribution < 1.29 is 4.42 Å². The van der Waals surface area contributed by atoms with E-state index < -0.39 is 0 Å². The van der Waals surface area contributed by atoms with Crippen LogP contribution in [0.4, 0.5) is 0 Å². The molecule has 1 rings (SSSR count). The summed E-state index contributed by atoms with van der Waals surface area (Å²) in [4.78, 5) is 2.34. The molecule has 0 amide bonds. The molecule has 3 heteroatoms. The standard InChI is InChI=1S/C15H26N2O/c1-6-8-17(13(4)5)11-15-14(7-9-18-15)10-16-12(2)3/h6-7,9,12-13,16H,1,8,10-11H2,2-5H3. The largest absolute Gasteiger partial charge is 0.468 e. The average molecular weight is 250 g/mol. The highest BCUT2D eigenvalue weighted by molar-refractivity contribution is 5.17. The first-order valence-corrected chi connectivity index (χ1v) is 6.68. The molecular formula is C15H26N2O. The molecule has 0 aliphatic rings. The Balaban J connectivity index is 2.65. The molecule has 1 heterocycles. The van der Waals surface area contributed by atoms with E-state index in [-0.39, 0.29) is 0 Å². The minimum absolute atomic E-state index is 0.485. The van der Waals surface area contributed by atoms with Crippen LogP contribution in [0.25, 0.3) is 0 Å². The van der Waals surface area contributed by atoms with Crippen molar-refractivity contribution in [3.05, 3.63) is 36.3 Å². The summed E-state index contributed by atoms with van der Waals surface area (Å²) in [6, 6.07) is 3.03. The van der Waals surface area contributed by atoms with Crippen LogP contribution in [-0.2, 0) is 13.1 Å². The van der Waals surface area contributed by atoms with Gasteiger partial charge < -0.3 is 9.73 Å². The molecule has 1 aromatic heterocycles. The molecule has 0 unspecified atom stereocenters. The zero-order chi connectivity index (χ0) is 13.5. The van der Waals surface area contributed by atoms with Crippen molar-refractivity contribution in [3.63, 3.8) is 0 Å². The predicted molar refractivity (Wildman–Crippen MR) is 76.4 cm³/mol. The van der Waals surface area contributed by atoms with Crippen LogP contribution in [0.3, 0.4) is 0 Å². The maximum atomic E-state index is 5.61. The molecule has 0 radical (unpaired) electrons. The molecule has 0 aliphatic carbocycles. The van der Waals surface area contributed by atoms with Crippen molar-refractivity contribution in [1.29, 1.82) is 0 Å². The summed E-state index contributed by atoms with van der Waals surface area (Å²) in [6.07, 6.45) is 3.72. The van der Waals surface area contributed by atoms with Gasteiger partial charge in [0, 0.05) is 30.7 Å². The lowest BCUT2D eigenvalue weighted by molar-refractivity contribution is 0.217. The van der Waals surface area contributed by atoms with Crippen molar-refractivity contribution in [2.75, 3.05) is 6.54 Å². The molecule has 0 saturated carbocycles. The fraction of sp³-hybridized carbons (Fsp3) is 0.600. The molecule has 0 bridgehead atoms. The van der Waals surface area contributed by atoms with E-state index in [4.69, 9.17) is 4.42 Å². The molecule has 1 aromatic rings. The van der Waals surface area contributed by atoms with E-state index in [9.17, 15) is 0 Å². The molecule has 0 aromatic carbocycles. The van der Waals surface area contributed by atoms with Crippen molar-refractivity contribution >= 4 is 0 Å². The Labute approximate surface area is 111 Å². The van der Waals surface area contributed by atoms with Crippen molar-refractivity contribution in [1.82, 2.24) is 10.2 Å². The van der Waals surface area contributed by atoms with Crippen LogP contribution in [-0.4, -0.2) is 23.5 Å². The lowest BCUT2D eigenvalue weighted by Crippen LogP contribution is -2.31. The maximum absolute atomic E-state index is 5.61. The zero-order valence-corrected chi connectivity index (χ0v) is 12.1. The number of hydrogen-bond donors (Lipinski definition) is 1. The molecular weight excluding hydrogens is 224 g/mol. The maximum Gasteiger partial charge on any atom is 0.122 e. The number of furan rings is 1. The van der Waals surface area contributed by atoms with Gasteiger partial charge in [0.05, 0.1) is 12.8 Å². The van der Waals surface area contributed by atoms with Crippen LogP contribution in [0.2, 0.25) is 0 Å². The third-order valence-electron chi connectivity index (χ3n) is 2.98. The summed E-state index contributed by atoms with van der Waals surface area (Å²) in [7, 11) is 0. The van der Waals surface area contributed by atoms with E-state index in [1.54, 1.807) is 6.26 Å². The van der Waals surface area contributed by atoms with Crippen LogP contribution in [0, 0.1) is 0 Å². The van der Waals surface area contributed by atoms with Gasteiger partial charge in [0.15, 0.2) is 0 Å². The van der Waals surface area contributed by atoms with Crippen molar-refractivity contribution in [3.8, 4) is 0 Å². The molecule has 0 spiro atoms. The van der Waals surface area contributed by atoms with E-state index in [2.05, 4.69) is 50.6 Å². The number of nitrogens with zero attached hydrogens (tertiary/aromatic N) is 1. The van der Waals surface area contributed by atoms with Crippen molar-refractivity contribution in [2.24, 2.45) is 0 Å². The van der Waals surface area contributed by atoms with E-state index in [0.29, 0.717) is 12.1 Å². The number of hydrogen-bond acceptors (Lipinski definition) is 3. The minimum Gasteiger partial charge on any atom is -0.468 e. The van der Waals surface area contributed by atoms with Gasteiger partial charge in [0.25, 0.3) is 0 Å². The van der Waals surface area contributed by atoms with E-state index in [1.165, 1.54) is 5.56 Å². The van der Waals surface area contributed by atoms with Gasteiger partial charge in [-0.15, -0.1) is 6.58 Å². The van der Waals surface area contributed by atoms with Crippen LogP contribution in [0.1, 0.15) is 39.0 Å². The number of rotatable bonds is 8. The molecule has 1 N–H and O–H groups in total. The molecule has 0 fully saturated rings. The Morgan fingerprint density at radius 2 is 2.11 bits per heavy atom. The lowest BCUT2D eigenvalue weighted by Gasteiger charge is -2.24. The third-order valence-corrected chi connectivity index (χ3v) is 2.98. The summed E-state index contributed by atoms with van der Waals surface area (Å²) >= 11 is 0. The Kier molecular flexibility index (Phi) is 6.16. The molecule has 0 saturated heterocycles. The Hall–Kier alpha value is -1.06. The fourth-order valence-corrected chi connectivity index (χ4v) is 1.79. The first kappa shape index (κ1) is 15.0. The van der Waals surface area contributed by atoms with E-state index in [1.807, 2.05) is 6.08 Å². The summed E-state index contributed by atoms with van der Waals surface area (Å²) < 4.78 is 5.61. The van der Waals surface area contributed by atoms with Gasteiger partial charge >= 0.3 is 0 Å². The quantitative estimate of drug-likeness (QED) is 0.718. The fourth-order valence-electron chi connectivity index (χ4n) is 1.79. The zero-order valence-electron chi connectivity index (χ0n) is 12.1.